The number of hydrogen-bond donors (Lipinski definition) is 0. The molecule has 0 spiro atoms. The fraction of sp³-hybridized carbons (Fsp3) is 0.583. The first kappa shape index (κ1) is 25.5. The smallest absolute Gasteiger partial charge is 0.311 e. The highest BCUT2D eigenvalue weighted by molar-refractivity contribution is 5.99. The van der Waals surface area contributed by atoms with Gasteiger partial charge in [-0.05, 0) is 40.0 Å². The van der Waals surface area contributed by atoms with Crippen molar-refractivity contribution in [3.63, 3.8) is 0 Å². The summed E-state index contributed by atoms with van der Waals surface area (Å²) in [5, 5.41) is 0. The topological polar surface area (TPSA) is 86.7 Å². The Morgan fingerprint density at radius 1 is 0.733 bits per heavy atom. The first-order valence-corrected chi connectivity index (χ1v) is 10.3. The quantitative estimate of drug-likeness (QED) is 0.358. The Labute approximate surface area is 179 Å². The maximum Gasteiger partial charge on any atom is 0.311 e. The molecule has 0 aliphatic heterocycles. The van der Waals surface area contributed by atoms with E-state index in [1.54, 1.807) is 38.1 Å². The Kier molecular flexibility index (Phi) is 9.40. The molecule has 0 amide bonds. The summed E-state index contributed by atoms with van der Waals surface area (Å²) >= 11 is 0. The third kappa shape index (κ3) is 6.78. The molecule has 0 heterocycles. The SMILES string of the molecule is CCCC(C)(CCC(=O)c1ccc(C(=O)CCC(C)(C)C(=O)OC)cc1)C(=O)OC. The van der Waals surface area contributed by atoms with Gasteiger partial charge in [-0.2, -0.15) is 0 Å². The van der Waals surface area contributed by atoms with Crippen LogP contribution in [-0.4, -0.2) is 37.7 Å². The molecule has 0 bridgehead atoms. The second kappa shape index (κ2) is 11.0. The normalized spacial score (nSPS) is 13.3. The number of carbonyl (C=O) groups excluding carboxylic acids is 4. The van der Waals surface area contributed by atoms with Crippen LogP contribution in [-0.2, 0) is 19.1 Å². The van der Waals surface area contributed by atoms with Crippen molar-refractivity contribution < 1.29 is 28.7 Å². The average molecular weight is 419 g/mol. The minimum absolute atomic E-state index is 0.0768. The number of Topliss-reactive ketones (excluding diaryl/α,β-unsaturated/α-hetero) is 2. The Morgan fingerprint density at radius 2 is 1.17 bits per heavy atom. The van der Waals surface area contributed by atoms with Crippen molar-refractivity contribution >= 4 is 23.5 Å². The van der Waals surface area contributed by atoms with Crippen LogP contribution in [0.4, 0.5) is 0 Å². The number of rotatable bonds is 12. The van der Waals surface area contributed by atoms with Gasteiger partial charge in [-0.1, -0.05) is 37.6 Å². The van der Waals surface area contributed by atoms with Gasteiger partial charge in [-0.25, -0.2) is 0 Å². The molecule has 30 heavy (non-hydrogen) atoms. The van der Waals surface area contributed by atoms with Crippen LogP contribution < -0.4 is 0 Å². The van der Waals surface area contributed by atoms with E-state index in [2.05, 4.69) is 0 Å². The van der Waals surface area contributed by atoms with Crippen LogP contribution in [0.3, 0.4) is 0 Å². The molecule has 1 atom stereocenters. The molecule has 0 saturated carbocycles. The van der Waals surface area contributed by atoms with Crippen molar-refractivity contribution in [3.8, 4) is 0 Å². The molecule has 1 unspecified atom stereocenters. The molecule has 0 fully saturated rings. The van der Waals surface area contributed by atoms with Gasteiger partial charge in [0.25, 0.3) is 0 Å². The average Bonchev–Trinajstić information content (AvgIpc) is 2.74. The number of esters is 2. The molecule has 0 aromatic heterocycles. The molecule has 1 aromatic rings. The van der Waals surface area contributed by atoms with Gasteiger partial charge >= 0.3 is 11.9 Å². The van der Waals surface area contributed by atoms with E-state index in [1.165, 1.54) is 14.2 Å². The van der Waals surface area contributed by atoms with Crippen molar-refractivity contribution in [2.45, 2.75) is 66.2 Å². The summed E-state index contributed by atoms with van der Waals surface area (Å²) in [6, 6.07) is 6.53. The number of carbonyl (C=O) groups is 4. The van der Waals surface area contributed by atoms with Crippen LogP contribution >= 0.6 is 0 Å². The van der Waals surface area contributed by atoms with Gasteiger partial charge in [-0.3, -0.25) is 19.2 Å². The second-order valence-electron chi connectivity index (χ2n) is 8.60. The van der Waals surface area contributed by atoms with Crippen molar-refractivity contribution in [1.29, 1.82) is 0 Å². The molecule has 0 aliphatic rings. The number of benzene rings is 1. The summed E-state index contributed by atoms with van der Waals surface area (Å²) in [6.45, 7) is 7.31. The largest absolute Gasteiger partial charge is 0.469 e. The first-order valence-electron chi connectivity index (χ1n) is 10.3. The molecule has 6 nitrogen and oxygen atoms in total. The summed E-state index contributed by atoms with van der Waals surface area (Å²) < 4.78 is 9.66. The summed E-state index contributed by atoms with van der Waals surface area (Å²) in [5.74, 6) is -0.814. The maximum atomic E-state index is 12.6. The minimum atomic E-state index is -0.731. The molecule has 0 aliphatic carbocycles. The molecule has 0 N–H and O–H groups in total. The fourth-order valence-corrected chi connectivity index (χ4v) is 3.45. The summed E-state index contributed by atoms with van der Waals surface area (Å²) in [6.07, 6.45) is 2.71. The zero-order valence-corrected chi connectivity index (χ0v) is 19.0. The molecule has 166 valence electrons. The Morgan fingerprint density at radius 3 is 1.57 bits per heavy atom. The van der Waals surface area contributed by atoms with E-state index in [-0.39, 0.29) is 36.3 Å². The van der Waals surface area contributed by atoms with E-state index in [1.807, 2.05) is 13.8 Å². The standard InChI is InChI=1S/C24H34O6/c1-7-14-24(4,22(28)30-6)16-13-20(26)18-10-8-17(9-11-18)19(25)12-15-23(2,3)21(27)29-5/h8-11H,7,12-16H2,1-6H3. The molecular weight excluding hydrogens is 384 g/mol. The number of ketones is 2. The van der Waals surface area contributed by atoms with Gasteiger partial charge in [0.05, 0.1) is 25.0 Å². The van der Waals surface area contributed by atoms with Gasteiger partial charge in [0, 0.05) is 24.0 Å². The van der Waals surface area contributed by atoms with Crippen LogP contribution in [0.25, 0.3) is 0 Å². The zero-order chi connectivity index (χ0) is 22.9. The van der Waals surface area contributed by atoms with Crippen LogP contribution in [0.1, 0.15) is 86.9 Å². The summed E-state index contributed by atoms with van der Waals surface area (Å²) in [7, 11) is 2.69. The number of ether oxygens (including phenoxy) is 2. The van der Waals surface area contributed by atoms with Crippen molar-refractivity contribution in [2.24, 2.45) is 10.8 Å². The van der Waals surface area contributed by atoms with Crippen LogP contribution in [0.5, 0.6) is 0 Å². The van der Waals surface area contributed by atoms with Crippen LogP contribution in [0, 0.1) is 10.8 Å². The van der Waals surface area contributed by atoms with E-state index in [4.69, 9.17) is 9.47 Å². The van der Waals surface area contributed by atoms with Crippen molar-refractivity contribution in [1.82, 2.24) is 0 Å². The zero-order valence-electron chi connectivity index (χ0n) is 19.0. The lowest BCUT2D eigenvalue weighted by molar-refractivity contribution is -0.152. The van der Waals surface area contributed by atoms with Gasteiger partial charge in [0.1, 0.15) is 0 Å². The lowest BCUT2D eigenvalue weighted by Gasteiger charge is -2.25. The van der Waals surface area contributed by atoms with Gasteiger partial charge < -0.3 is 9.47 Å². The lowest BCUT2D eigenvalue weighted by atomic mass is 9.80. The monoisotopic (exact) mass is 418 g/mol. The lowest BCUT2D eigenvalue weighted by Crippen LogP contribution is -2.29. The molecular formula is C24H34O6. The Bertz CT molecular complexity index is 762. The first-order chi connectivity index (χ1) is 14.0. The highest BCUT2D eigenvalue weighted by Crippen LogP contribution is 2.31. The van der Waals surface area contributed by atoms with Crippen molar-refractivity contribution in [2.75, 3.05) is 14.2 Å². The molecule has 1 rings (SSSR count). The third-order valence-corrected chi connectivity index (χ3v) is 5.63. The molecule has 0 radical (unpaired) electrons. The highest BCUT2D eigenvalue weighted by Gasteiger charge is 2.34. The summed E-state index contributed by atoms with van der Waals surface area (Å²) in [4.78, 5) is 48.8. The van der Waals surface area contributed by atoms with Gasteiger partial charge in [-0.15, -0.1) is 0 Å². The predicted octanol–water partition coefficient (Wildman–Crippen LogP) is 4.79. The molecule has 0 saturated heterocycles. The molecule has 6 heteroatoms. The van der Waals surface area contributed by atoms with E-state index < -0.39 is 10.8 Å². The van der Waals surface area contributed by atoms with Gasteiger partial charge in [0.15, 0.2) is 11.6 Å². The third-order valence-electron chi connectivity index (χ3n) is 5.63. The second-order valence-corrected chi connectivity index (χ2v) is 8.60. The van der Waals surface area contributed by atoms with E-state index in [0.29, 0.717) is 30.4 Å². The van der Waals surface area contributed by atoms with E-state index in [9.17, 15) is 19.2 Å². The van der Waals surface area contributed by atoms with Crippen molar-refractivity contribution in [3.05, 3.63) is 35.4 Å². The number of hydrogen-bond acceptors (Lipinski definition) is 6. The number of methoxy groups -OCH3 is 2. The highest BCUT2D eigenvalue weighted by atomic mass is 16.5. The van der Waals surface area contributed by atoms with E-state index >= 15 is 0 Å². The Balaban J connectivity index is 2.73. The predicted molar refractivity (Wildman–Crippen MR) is 114 cm³/mol. The Hall–Kier alpha value is -2.50. The van der Waals surface area contributed by atoms with E-state index in [0.717, 1.165) is 6.42 Å². The minimum Gasteiger partial charge on any atom is -0.469 e. The summed E-state index contributed by atoms with van der Waals surface area (Å²) in [5.41, 5.74) is -0.408. The maximum absolute atomic E-state index is 12.6. The van der Waals surface area contributed by atoms with Crippen LogP contribution in [0.15, 0.2) is 24.3 Å². The van der Waals surface area contributed by atoms with Gasteiger partial charge in [0.2, 0.25) is 0 Å². The fourth-order valence-electron chi connectivity index (χ4n) is 3.45. The molecule has 1 aromatic carbocycles. The van der Waals surface area contributed by atoms with Crippen LogP contribution in [0.2, 0.25) is 0 Å².